The first-order chi connectivity index (χ1) is 10.6. The number of allylic oxidation sites excluding steroid dienone is 2. The molecule has 126 valence electrons. The van der Waals surface area contributed by atoms with Gasteiger partial charge in [-0.1, -0.05) is 30.7 Å². The van der Waals surface area contributed by atoms with Crippen LogP contribution in [0.1, 0.15) is 52.4 Å². The molecule has 0 spiro atoms. The van der Waals surface area contributed by atoms with Gasteiger partial charge in [0.1, 0.15) is 12.8 Å². The second kappa shape index (κ2) is 10.7. The molecule has 4 nitrogen and oxygen atoms in total. The molecular formula is C18H31NO3. The molecule has 0 fully saturated rings. The van der Waals surface area contributed by atoms with Crippen molar-refractivity contribution >= 4 is 5.71 Å². The molecule has 0 saturated heterocycles. The van der Waals surface area contributed by atoms with Crippen LogP contribution in [0.4, 0.5) is 0 Å². The van der Waals surface area contributed by atoms with Gasteiger partial charge >= 0.3 is 0 Å². The Labute approximate surface area is 134 Å². The molecule has 0 aromatic rings. The molecule has 0 saturated carbocycles. The van der Waals surface area contributed by atoms with Crippen LogP contribution >= 0.6 is 0 Å². The molecule has 4 heteroatoms. The SMILES string of the molecule is COC1/C=C/CCCC/C(=N/CO)CC/C(C)=C\C(C)[C@@H]1O. The molecule has 0 amide bonds. The van der Waals surface area contributed by atoms with Crippen LogP contribution < -0.4 is 0 Å². The number of methoxy groups -OCH3 is 1. The van der Waals surface area contributed by atoms with Gasteiger partial charge in [-0.05, 0) is 45.4 Å². The zero-order valence-electron chi connectivity index (χ0n) is 14.2. The Bertz CT molecular complexity index is 401. The fourth-order valence-electron chi connectivity index (χ4n) is 2.81. The van der Waals surface area contributed by atoms with E-state index in [2.05, 4.69) is 24.1 Å². The van der Waals surface area contributed by atoms with Crippen LogP contribution in [0.2, 0.25) is 0 Å². The van der Waals surface area contributed by atoms with Crippen LogP contribution in [-0.4, -0.2) is 42.0 Å². The highest BCUT2D eigenvalue weighted by Gasteiger charge is 2.21. The smallest absolute Gasteiger partial charge is 0.134 e. The largest absolute Gasteiger partial charge is 0.389 e. The molecule has 0 aromatic carbocycles. The van der Waals surface area contributed by atoms with Crippen molar-refractivity contribution in [3.05, 3.63) is 23.8 Å². The molecule has 22 heavy (non-hydrogen) atoms. The standard InChI is InChI=1S/C18H31NO3/c1-14-10-11-16(19-13-20)8-6-4-5-7-9-17(22-3)18(21)15(2)12-14/h7,9,12,15,17-18,20-21H,4-6,8,10-11,13H2,1-3H3/b9-7+,14-12-,19-16-/t15?,17?,18-/m0/s1. The molecule has 0 heterocycles. The van der Waals surface area contributed by atoms with Crippen LogP contribution in [0.3, 0.4) is 0 Å². The van der Waals surface area contributed by atoms with E-state index < -0.39 is 6.10 Å². The molecule has 3 atom stereocenters. The lowest BCUT2D eigenvalue weighted by atomic mass is 9.94. The van der Waals surface area contributed by atoms with Crippen LogP contribution in [-0.2, 0) is 4.74 Å². The number of aliphatic hydroxyl groups excluding tert-OH is 2. The molecule has 2 unspecified atom stereocenters. The number of hydrogen-bond acceptors (Lipinski definition) is 4. The summed E-state index contributed by atoms with van der Waals surface area (Å²) in [5.74, 6) is 0.0378. The lowest BCUT2D eigenvalue weighted by molar-refractivity contribution is -0.00187. The Hall–Kier alpha value is -0.970. The molecule has 0 aromatic heterocycles. The zero-order chi connectivity index (χ0) is 16.4. The average molecular weight is 309 g/mol. The van der Waals surface area contributed by atoms with Crippen molar-refractivity contribution in [3.8, 4) is 0 Å². The third-order valence-electron chi connectivity index (χ3n) is 4.21. The van der Waals surface area contributed by atoms with E-state index in [0.29, 0.717) is 0 Å². The highest BCUT2D eigenvalue weighted by Crippen LogP contribution is 2.19. The summed E-state index contributed by atoms with van der Waals surface area (Å²) in [7, 11) is 1.64. The first kappa shape index (κ1) is 19.1. The summed E-state index contributed by atoms with van der Waals surface area (Å²) in [6, 6.07) is 0. The van der Waals surface area contributed by atoms with Crippen molar-refractivity contribution in [2.24, 2.45) is 10.9 Å². The van der Waals surface area contributed by atoms with Crippen molar-refractivity contribution < 1.29 is 14.9 Å². The maximum absolute atomic E-state index is 10.4. The fraction of sp³-hybridized carbons (Fsp3) is 0.722. The van der Waals surface area contributed by atoms with Crippen LogP contribution in [0.5, 0.6) is 0 Å². The molecule has 0 radical (unpaired) electrons. The Morgan fingerprint density at radius 3 is 2.73 bits per heavy atom. The van der Waals surface area contributed by atoms with E-state index in [4.69, 9.17) is 9.84 Å². The van der Waals surface area contributed by atoms with Crippen molar-refractivity contribution in [2.45, 2.75) is 64.6 Å². The van der Waals surface area contributed by atoms with E-state index in [1.165, 1.54) is 5.57 Å². The highest BCUT2D eigenvalue weighted by molar-refractivity contribution is 5.84. The van der Waals surface area contributed by atoms with Gasteiger partial charge in [0.05, 0.1) is 6.10 Å². The van der Waals surface area contributed by atoms with E-state index in [-0.39, 0.29) is 18.8 Å². The van der Waals surface area contributed by atoms with Crippen molar-refractivity contribution in [1.82, 2.24) is 0 Å². The maximum atomic E-state index is 10.4. The van der Waals surface area contributed by atoms with E-state index >= 15 is 0 Å². The third-order valence-corrected chi connectivity index (χ3v) is 4.21. The summed E-state index contributed by atoms with van der Waals surface area (Å²) < 4.78 is 5.41. The quantitative estimate of drug-likeness (QED) is 0.770. The summed E-state index contributed by atoms with van der Waals surface area (Å²) in [5.41, 5.74) is 2.34. The van der Waals surface area contributed by atoms with Gasteiger partial charge in [0.15, 0.2) is 0 Å². The van der Waals surface area contributed by atoms with Gasteiger partial charge in [0, 0.05) is 18.7 Å². The number of nitrogens with zero attached hydrogens (tertiary/aromatic N) is 1. The second-order valence-electron chi connectivity index (χ2n) is 6.10. The van der Waals surface area contributed by atoms with Gasteiger partial charge in [0.2, 0.25) is 0 Å². The number of hydrogen-bond donors (Lipinski definition) is 2. The molecule has 2 N–H and O–H groups in total. The Kier molecular flexibility index (Phi) is 9.28. The molecule has 1 aliphatic rings. The van der Waals surface area contributed by atoms with E-state index in [1.807, 2.05) is 13.0 Å². The number of aliphatic imine (C=N–C) groups is 1. The molecule has 0 bridgehead atoms. The summed E-state index contributed by atoms with van der Waals surface area (Å²) >= 11 is 0. The first-order valence-corrected chi connectivity index (χ1v) is 8.26. The van der Waals surface area contributed by atoms with Gasteiger partial charge in [0.25, 0.3) is 0 Å². The fourth-order valence-corrected chi connectivity index (χ4v) is 2.81. The third kappa shape index (κ3) is 6.86. The predicted molar refractivity (Wildman–Crippen MR) is 91.1 cm³/mol. The normalized spacial score (nSPS) is 34.7. The number of rotatable bonds is 2. The average Bonchev–Trinajstić information content (AvgIpc) is 2.50. The van der Waals surface area contributed by atoms with E-state index in [1.54, 1.807) is 7.11 Å². The highest BCUT2D eigenvalue weighted by atomic mass is 16.5. The Morgan fingerprint density at radius 1 is 1.27 bits per heavy atom. The van der Waals surface area contributed by atoms with Crippen LogP contribution in [0.25, 0.3) is 0 Å². The summed E-state index contributed by atoms with van der Waals surface area (Å²) in [4.78, 5) is 4.20. The molecular weight excluding hydrogens is 278 g/mol. The molecule has 1 aliphatic carbocycles. The van der Waals surface area contributed by atoms with Gasteiger partial charge < -0.3 is 14.9 Å². The number of ether oxygens (including phenoxy) is 1. The minimum absolute atomic E-state index is 0.0378. The molecule has 1 rings (SSSR count). The lowest BCUT2D eigenvalue weighted by Gasteiger charge is -2.23. The van der Waals surface area contributed by atoms with Crippen LogP contribution in [0, 0.1) is 5.92 Å². The second-order valence-corrected chi connectivity index (χ2v) is 6.10. The topological polar surface area (TPSA) is 62.0 Å². The minimum Gasteiger partial charge on any atom is -0.389 e. The lowest BCUT2D eigenvalue weighted by Crippen LogP contribution is -2.31. The van der Waals surface area contributed by atoms with Gasteiger partial charge in [-0.15, -0.1) is 0 Å². The van der Waals surface area contributed by atoms with Gasteiger partial charge in [-0.3, -0.25) is 4.99 Å². The first-order valence-electron chi connectivity index (χ1n) is 8.26. The zero-order valence-corrected chi connectivity index (χ0v) is 14.2. The van der Waals surface area contributed by atoms with Crippen LogP contribution in [0.15, 0.2) is 28.8 Å². The van der Waals surface area contributed by atoms with E-state index in [9.17, 15) is 5.11 Å². The number of aliphatic hydroxyl groups is 2. The summed E-state index contributed by atoms with van der Waals surface area (Å²) in [6.07, 6.45) is 11.3. The van der Waals surface area contributed by atoms with Crippen molar-refractivity contribution in [3.63, 3.8) is 0 Å². The van der Waals surface area contributed by atoms with E-state index in [0.717, 1.165) is 44.2 Å². The van der Waals surface area contributed by atoms with Gasteiger partial charge in [-0.2, -0.15) is 0 Å². The predicted octanol–water partition coefficient (Wildman–Crippen LogP) is 3.25. The maximum Gasteiger partial charge on any atom is 0.134 e. The Morgan fingerprint density at radius 2 is 2.05 bits per heavy atom. The summed E-state index contributed by atoms with van der Waals surface area (Å²) in [6.45, 7) is 3.98. The van der Waals surface area contributed by atoms with Crippen molar-refractivity contribution in [1.29, 1.82) is 0 Å². The van der Waals surface area contributed by atoms with Gasteiger partial charge in [-0.25, -0.2) is 0 Å². The molecule has 0 aliphatic heterocycles. The Balaban J connectivity index is 2.83. The monoisotopic (exact) mass is 309 g/mol. The minimum atomic E-state index is -0.537. The summed E-state index contributed by atoms with van der Waals surface area (Å²) in [5, 5.41) is 19.5. The van der Waals surface area contributed by atoms with Crippen molar-refractivity contribution in [2.75, 3.05) is 13.8 Å².